The van der Waals surface area contributed by atoms with Crippen LogP contribution in [0.1, 0.15) is 15.9 Å². The van der Waals surface area contributed by atoms with Crippen LogP contribution in [-0.4, -0.2) is 17.6 Å². The van der Waals surface area contributed by atoms with E-state index in [0.717, 1.165) is 0 Å². The normalized spacial score (nSPS) is 10.9. The van der Waals surface area contributed by atoms with Gasteiger partial charge in [0.25, 0.3) is 0 Å². The summed E-state index contributed by atoms with van der Waals surface area (Å²) in [4.78, 5) is 29.5. The van der Waals surface area contributed by atoms with Gasteiger partial charge in [-0.2, -0.15) is 0 Å². The van der Waals surface area contributed by atoms with Crippen LogP contribution in [0.3, 0.4) is 0 Å². The third-order valence-electron chi connectivity index (χ3n) is 3.63. The third-order valence-corrected chi connectivity index (χ3v) is 3.63. The predicted octanol–water partition coefficient (Wildman–Crippen LogP) is 4.66. The van der Waals surface area contributed by atoms with E-state index in [1.807, 2.05) is 0 Å². The van der Waals surface area contributed by atoms with Gasteiger partial charge in [0.15, 0.2) is 5.71 Å². The second-order valence-electron chi connectivity index (χ2n) is 5.48. The van der Waals surface area contributed by atoms with Crippen LogP contribution in [-0.2, 0) is 4.84 Å². The maximum absolute atomic E-state index is 13.6. The summed E-state index contributed by atoms with van der Waals surface area (Å²) < 4.78 is 13.6. The molecule has 0 aliphatic heterocycles. The molecule has 0 saturated heterocycles. The van der Waals surface area contributed by atoms with Gasteiger partial charge < -0.3 is 0 Å². The van der Waals surface area contributed by atoms with Gasteiger partial charge in [-0.15, -0.1) is 0 Å². The number of rotatable bonds is 5. The minimum atomic E-state index is -1.01. The number of hydrogen-bond acceptors (Lipinski definition) is 4. The van der Waals surface area contributed by atoms with E-state index in [0.29, 0.717) is 11.1 Å². The van der Waals surface area contributed by atoms with Gasteiger partial charge in [0.2, 0.25) is 5.78 Å². The highest BCUT2D eigenvalue weighted by Crippen LogP contribution is 2.13. The number of ketones is 1. The van der Waals surface area contributed by atoms with Gasteiger partial charge >= 0.3 is 6.09 Å². The lowest BCUT2D eigenvalue weighted by Crippen LogP contribution is -2.19. The van der Waals surface area contributed by atoms with Gasteiger partial charge in [-0.05, 0) is 12.1 Å². The van der Waals surface area contributed by atoms with E-state index < -0.39 is 17.7 Å². The number of benzene rings is 3. The van der Waals surface area contributed by atoms with Crippen molar-refractivity contribution in [3.63, 3.8) is 0 Å². The molecule has 0 atom stereocenters. The Bertz CT molecular complexity index is 973. The summed E-state index contributed by atoms with van der Waals surface area (Å²) in [5, 5.41) is 5.97. The molecule has 0 heterocycles. The first-order chi connectivity index (χ1) is 13.1. The molecule has 1 N–H and O–H groups in total. The van der Waals surface area contributed by atoms with Gasteiger partial charge in [0.1, 0.15) is 5.82 Å². The van der Waals surface area contributed by atoms with Crippen molar-refractivity contribution >= 4 is 23.3 Å². The van der Waals surface area contributed by atoms with Crippen molar-refractivity contribution < 1.29 is 18.8 Å². The molecule has 3 aromatic rings. The second kappa shape index (κ2) is 8.53. The van der Waals surface area contributed by atoms with Crippen molar-refractivity contribution in [3.8, 4) is 0 Å². The lowest BCUT2D eigenvalue weighted by Gasteiger charge is -2.07. The van der Waals surface area contributed by atoms with Crippen molar-refractivity contribution in [2.45, 2.75) is 0 Å². The fourth-order valence-corrected chi connectivity index (χ4v) is 2.33. The fraction of sp³-hybridized carbons (Fsp3) is 0. The number of para-hydroxylation sites is 1. The minimum absolute atomic E-state index is 0.0366. The maximum atomic E-state index is 13.6. The van der Waals surface area contributed by atoms with Crippen molar-refractivity contribution in [1.29, 1.82) is 0 Å². The number of carbonyl (C=O) groups excluding carboxylic acids is 2. The van der Waals surface area contributed by atoms with Crippen LogP contribution in [0.4, 0.5) is 14.9 Å². The Morgan fingerprint density at radius 1 is 0.778 bits per heavy atom. The summed E-state index contributed by atoms with van der Waals surface area (Å²) in [5.41, 5.74) is 0.807. The van der Waals surface area contributed by atoms with Crippen LogP contribution in [0.2, 0.25) is 0 Å². The highest BCUT2D eigenvalue weighted by Gasteiger charge is 2.18. The third kappa shape index (κ3) is 4.64. The fourth-order valence-electron chi connectivity index (χ4n) is 2.33. The summed E-state index contributed by atoms with van der Waals surface area (Å²) in [6.07, 6.45) is -1.01. The molecule has 0 saturated carbocycles. The van der Waals surface area contributed by atoms with Crippen LogP contribution >= 0.6 is 0 Å². The number of hydrogen-bond donors (Lipinski definition) is 1. The molecule has 0 radical (unpaired) electrons. The average Bonchev–Trinajstić information content (AvgIpc) is 2.71. The lowest BCUT2D eigenvalue weighted by atomic mass is 10.0. The molecule has 0 aliphatic rings. The summed E-state index contributed by atoms with van der Waals surface area (Å²) in [7, 11) is 0. The van der Waals surface area contributed by atoms with Gasteiger partial charge in [0, 0.05) is 11.1 Å². The predicted molar refractivity (Wildman–Crippen MR) is 100 cm³/mol. The molecule has 3 aromatic carbocycles. The molecule has 0 aliphatic carbocycles. The topological polar surface area (TPSA) is 67.8 Å². The number of amides is 1. The molecule has 1 amide bonds. The van der Waals surface area contributed by atoms with Gasteiger partial charge in [-0.3, -0.25) is 14.9 Å². The van der Waals surface area contributed by atoms with Gasteiger partial charge in [-0.1, -0.05) is 78.0 Å². The quantitative estimate of drug-likeness (QED) is 0.311. The Hall–Kier alpha value is -3.80. The largest absolute Gasteiger partial charge is 0.437 e. The van der Waals surface area contributed by atoms with E-state index in [-0.39, 0.29) is 11.4 Å². The highest BCUT2D eigenvalue weighted by atomic mass is 19.1. The Balaban J connectivity index is 1.83. The Labute approximate surface area is 155 Å². The zero-order chi connectivity index (χ0) is 19.1. The summed E-state index contributed by atoms with van der Waals surface area (Å²) in [6, 6.07) is 22.8. The summed E-state index contributed by atoms with van der Waals surface area (Å²) in [6.45, 7) is 0. The molecule has 0 spiro atoms. The molecule has 3 rings (SSSR count). The van der Waals surface area contributed by atoms with Crippen LogP contribution in [0, 0.1) is 5.82 Å². The number of nitrogens with zero attached hydrogens (tertiary/aromatic N) is 1. The molecule has 134 valence electrons. The van der Waals surface area contributed by atoms with Crippen LogP contribution < -0.4 is 5.32 Å². The molecule has 0 aromatic heterocycles. The first-order valence-corrected chi connectivity index (χ1v) is 8.11. The van der Waals surface area contributed by atoms with Crippen LogP contribution in [0.15, 0.2) is 90.1 Å². The number of nitrogens with one attached hydrogen (secondary N) is 1. The second-order valence-corrected chi connectivity index (χ2v) is 5.48. The standard InChI is InChI=1S/C21H15FN2O3/c22-17-13-7-8-14-18(17)23-21(26)27-24-19(15-9-3-1-4-10-15)20(25)16-11-5-2-6-12-16/h1-14H,(H,23,26)/b24-19+. The number of anilines is 1. The Kier molecular flexibility index (Phi) is 5.69. The smallest absolute Gasteiger partial charge is 0.297 e. The molecule has 5 nitrogen and oxygen atoms in total. The number of Topliss-reactive ketones (excluding diaryl/α,β-unsaturated/α-hetero) is 1. The molecule has 0 unspecified atom stereocenters. The molecule has 0 bridgehead atoms. The van der Waals surface area contributed by atoms with E-state index in [9.17, 15) is 14.0 Å². The van der Waals surface area contributed by atoms with E-state index >= 15 is 0 Å². The Morgan fingerprint density at radius 3 is 1.96 bits per heavy atom. The van der Waals surface area contributed by atoms with E-state index in [4.69, 9.17) is 4.84 Å². The average molecular weight is 362 g/mol. The van der Waals surface area contributed by atoms with E-state index in [1.54, 1.807) is 66.7 Å². The lowest BCUT2D eigenvalue weighted by molar-refractivity contribution is 0.106. The SMILES string of the molecule is O=C(Nc1ccccc1F)O/N=C(/C(=O)c1ccccc1)c1ccccc1. The molecular formula is C21H15FN2O3. The van der Waals surface area contributed by atoms with Crippen molar-refractivity contribution in [3.05, 3.63) is 102 Å². The first kappa shape index (κ1) is 18.0. The molecule has 27 heavy (non-hydrogen) atoms. The van der Waals surface area contributed by atoms with Gasteiger partial charge in [-0.25, -0.2) is 9.18 Å². The number of halogens is 1. The maximum Gasteiger partial charge on any atom is 0.437 e. The van der Waals surface area contributed by atoms with E-state index in [1.165, 1.54) is 18.2 Å². The van der Waals surface area contributed by atoms with Crippen LogP contribution in [0.5, 0.6) is 0 Å². The van der Waals surface area contributed by atoms with E-state index in [2.05, 4.69) is 10.5 Å². The Morgan fingerprint density at radius 2 is 1.33 bits per heavy atom. The molecular weight excluding hydrogens is 347 g/mol. The summed E-state index contributed by atoms with van der Waals surface area (Å²) >= 11 is 0. The van der Waals surface area contributed by atoms with Crippen molar-refractivity contribution in [1.82, 2.24) is 0 Å². The first-order valence-electron chi connectivity index (χ1n) is 8.11. The summed E-state index contributed by atoms with van der Waals surface area (Å²) in [5.74, 6) is -1.01. The van der Waals surface area contributed by atoms with Crippen molar-refractivity contribution in [2.24, 2.45) is 5.16 Å². The zero-order valence-electron chi connectivity index (χ0n) is 14.1. The molecule has 0 fully saturated rings. The van der Waals surface area contributed by atoms with Crippen LogP contribution in [0.25, 0.3) is 0 Å². The van der Waals surface area contributed by atoms with Gasteiger partial charge in [0.05, 0.1) is 5.69 Å². The number of oxime groups is 1. The highest BCUT2D eigenvalue weighted by molar-refractivity contribution is 6.51. The van der Waals surface area contributed by atoms with Crippen molar-refractivity contribution in [2.75, 3.05) is 5.32 Å². The molecule has 6 heteroatoms. The number of carbonyl (C=O) groups is 2. The minimum Gasteiger partial charge on any atom is -0.297 e. The zero-order valence-corrected chi connectivity index (χ0v) is 14.1. The monoisotopic (exact) mass is 362 g/mol.